The number of methoxy groups -OCH3 is 1. The van der Waals surface area contributed by atoms with E-state index in [9.17, 15) is 4.79 Å². The molecule has 0 aliphatic carbocycles. The molecular formula is C18H19Cl2NO4. The summed E-state index contributed by atoms with van der Waals surface area (Å²) in [5.74, 6) is 0.146. The summed E-state index contributed by atoms with van der Waals surface area (Å²) in [5, 5.41) is 12.9. The Kier molecular flexibility index (Phi) is 6.79. The van der Waals surface area contributed by atoms with Gasteiger partial charge in [0.05, 0.1) is 24.3 Å². The Morgan fingerprint density at radius 1 is 1.16 bits per heavy atom. The minimum atomic E-state index is -1.06. The first-order chi connectivity index (χ1) is 12.0. The first-order valence-electron chi connectivity index (χ1n) is 7.72. The monoisotopic (exact) mass is 383 g/mol. The number of carboxylic acids is 1. The zero-order valence-corrected chi connectivity index (χ0v) is 15.4. The van der Waals surface area contributed by atoms with Crippen LogP contribution in [0.3, 0.4) is 0 Å². The molecule has 0 atom stereocenters. The quantitative estimate of drug-likeness (QED) is 0.663. The second-order valence-electron chi connectivity index (χ2n) is 5.30. The van der Waals surface area contributed by atoms with Gasteiger partial charge in [-0.15, -0.1) is 0 Å². The Labute approximate surface area is 156 Å². The zero-order chi connectivity index (χ0) is 18.4. The van der Waals surface area contributed by atoms with Crippen molar-refractivity contribution in [1.82, 2.24) is 0 Å². The number of rotatable bonds is 8. The number of aromatic carboxylic acids is 1. The second kappa shape index (κ2) is 8.83. The van der Waals surface area contributed by atoms with Gasteiger partial charge < -0.3 is 19.9 Å². The van der Waals surface area contributed by atoms with Crippen LogP contribution in [0.4, 0.5) is 5.69 Å². The van der Waals surface area contributed by atoms with Crippen LogP contribution >= 0.6 is 23.2 Å². The van der Waals surface area contributed by atoms with Crippen LogP contribution in [-0.2, 0) is 6.54 Å². The van der Waals surface area contributed by atoms with Gasteiger partial charge in [-0.05, 0) is 36.2 Å². The molecule has 0 aromatic heterocycles. The average Bonchev–Trinajstić information content (AvgIpc) is 2.58. The fourth-order valence-electron chi connectivity index (χ4n) is 2.19. The van der Waals surface area contributed by atoms with E-state index in [1.807, 2.05) is 13.0 Å². The zero-order valence-electron chi connectivity index (χ0n) is 13.9. The number of halogens is 2. The van der Waals surface area contributed by atoms with Crippen molar-refractivity contribution in [2.75, 3.05) is 19.0 Å². The van der Waals surface area contributed by atoms with Crippen LogP contribution < -0.4 is 14.8 Å². The van der Waals surface area contributed by atoms with E-state index in [1.165, 1.54) is 6.07 Å². The minimum Gasteiger partial charge on any atom is -0.493 e. The van der Waals surface area contributed by atoms with E-state index in [0.29, 0.717) is 35.4 Å². The van der Waals surface area contributed by atoms with Crippen LogP contribution in [0, 0.1) is 0 Å². The average molecular weight is 384 g/mol. The summed E-state index contributed by atoms with van der Waals surface area (Å²) in [6.45, 7) is 3.03. The molecule has 7 heteroatoms. The van der Waals surface area contributed by atoms with Gasteiger partial charge in [0.15, 0.2) is 11.5 Å². The molecular weight excluding hydrogens is 365 g/mol. The van der Waals surface area contributed by atoms with Gasteiger partial charge in [-0.3, -0.25) is 0 Å². The predicted molar refractivity (Wildman–Crippen MR) is 99.5 cm³/mol. The third-order valence-electron chi connectivity index (χ3n) is 3.48. The maximum Gasteiger partial charge on any atom is 0.337 e. The molecule has 0 aliphatic rings. The van der Waals surface area contributed by atoms with E-state index >= 15 is 0 Å². The van der Waals surface area contributed by atoms with Gasteiger partial charge in [-0.1, -0.05) is 30.1 Å². The lowest BCUT2D eigenvalue weighted by atomic mass is 10.1. The van der Waals surface area contributed by atoms with Crippen molar-refractivity contribution in [3.63, 3.8) is 0 Å². The Balaban J connectivity index is 2.15. The highest BCUT2D eigenvalue weighted by molar-refractivity contribution is 6.33. The number of benzene rings is 2. The van der Waals surface area contributed by atoms with Crippen molar-refractivity contribution in [1.29, 1.82) is 0 Å². The van der Waals surface area contributed by atoms with Gasteiger partial charge >= 0.3 is 5.97 Å². The Hall–Kier alpha value is -2.11. The van der Waals surface area contributed by atoms with E-state index in [-0.39, 0.29) is 10.6 Å². The maximum absolute atomic E-state index is 11.0. The van der Waals surface area contributed by atoms with Gasteiger partial charge in [0.25, 0.3) is 0 Å². The topological polar surface area (TPSA) is 67.8 Å². The Morgan fingerprint density at radius 3 is 2.52 bits per heavy atom. The minimum absolute atomic E-state index is 0.0596. The summed E-state index contributed by atoms with van der Waals surface area (Å²) in [5.41, 5.74) is 1.57. The lowest BCUT2D eigenvalue weighted by molar-refractivity contribution is 0.0697. The van der Waals surface area contributed by atoms with Crippen LogP contribution in [0.25, 0.3) is 0 Å². The molecule has 0 saturated heterocycles. The summed E-state index contributed by atoms with van der Waals surface area (Å²) >= 11 is 12.3. The highest BCUT2D eigenvalue weighted by atomic mass is 35.5. The second-order valence-corrected chi connectivity index (χ2v) is 6.11. The molecule has 2 aromatic carbocycles. The maximum atomic E-state index is 11.0. The molecule has 0 radical (unpaired) electrons. The SMILES string of the molecule is CCCOc1cc(Cl)c(CNc2ccc(C(=O)O)c(Cl)c2)cc1OC. The number of ether oxygens (including phenoxy) is 2. The van der Waals surface area contributed by atoms with Crippen LogP contribution in [-0.4, -0.2) is 24.8 Å². The molecule has 5 nitrogen and oxygen atoms in total. The standard InChI is InChI=1S/C18H19Cl2NO4/c1-3-6-25-17-9-14(19)11(7-16(17)24-2)10-21-12-4-5-13(18(22)23)15(20)8-12/h4-5,7-9,21H,3,6,10H2,1-2H3,(H,22,23). The van der Waals surface area contributed by atoms with Gasteiger partial charge in [0.1, 0.15) is 0 Å². The van der Waals surface area contributed by atoms with Crippen LogP contribution in [0.1, 0.15) is 29.3 Å². The number of hydrogen-bond donors (Lipinski definition) is 2. The molecule has 25 heavy (non-hydrogen) atoms. The summed E-state index contributed by atoms with van der Waals surface area (Å²) in [7, 11) is 1.57. The molecule has 0 aliphatic heterocycles. The Morgan fingerprint density at radius 2 is 1.92 bits per heavy atom. The molecule has 134 valence electrons. The predicted octanol–water partition coefficient (Wildman–Crippen LogP) is 5.10. The van der Waals surface area contributed by atoms with Gasteiger partial charge in [0.2, 0.25) is 0 Å². The van der Waals surface area contributed by atoms with Crippen molar-refractivity contribution in [2.24, 2.45) is 0 Å². The lowest BCUT2D eigenvalue weighted by Crippen LogP contribution is -2.04. The summed E-state index contributed by atoms with van der Waals surface area (Å²) in [6, 6.07) is 8.21. The van der Waals surface area contributed by atoms with E-state index in [1.54, 1.807) is 25.3 Å². The molecule has 0 unspecified atom stereocenters. The van der Waals surface area contributed by atoms with Gasteiger partial charge in [-0.2, -0.15) is 0 Å². The number of carbonyl (C=O) groups is 1. The molecule has 0 spiro atoms. The fraction of sp³-hybridized carbons (Fsp3) is 0.278. The van der Waals surface area contributed by atoms with Crippen molar-refractivity contribution in [2.45, 2.75) is 19.9 Å². The molecule has 2 aromatic rings. The van der Waals surface area contributed by atoms with Gasteiger partial charge in [0, 0.05) is 23.3 Å². The van der Waals surface area contributed by atoms with E-state index < -0.39 is 5.97 Å². The number of anilines is 1. The first kappa shape index (κ1) is 19.2. The molecule has 0 amide bonds. The van der Waals surface area contributed by atoms with Gasteiger partial charge in [-0.25, -0.2) is 4.79 Å². The lowest BCUT2D eigenvalue weighted by Gasteiger charge is -2.14. The molecule has 0 heterocycles. The van der Waals surface area contributed by atoms with Crippen molar-refractivity contribution < 1.29 is 19.4 Å². The summed E-state index contributed by atoms with van der Waals surface area (Å²) in [6.07, 6.45) is 0.886. The van der Waals surface area contributed by atoms with Crippen molar-refractivity contribution >= 4 is 34.9 Å². The first-order valence-corrected chi connectivity index (χ1v) is 8.47. The molecule has 0 saturated carbocycles. The molecule has 0 bridgehead atoms. The summed E-state index contributed by atoms with van der Waals surface area (Å²) in [4.78, 5) is 11.0. The number of carboxylic acid groups (broad SMARTS) is 1. The smallest absolute Gasteiger partial charge is 0.337 e. The van der Waals surface area contributed by atoms with Crippen molar-refractivity contribution in [3.05, 3.63) is 51.5 Å². The van der Waals surface area contributed by atoms with Crippen LogP contribution in [0.5, 0.6) is 11.5 Å². The van der Waals surface area contributed by atoms with Crippen LogP contribution in [0.2, 0.25) is 10.0 Å². The molecule has 2 rings (SSSR count). The molecule has 2 N–H and O–H groups in total. The van der Waals surface area contributed by atoms with Crippen molar-refractivity contribution in [3.8, 4) is 11.5 Å². The van der Waals surface area contributed by atoms with Crippen LogP contribution in [0.15, 0.2) is 30.3 Å². The Bertz CT molecular complexity index is 765. The van der Waals surface area contributed by atoms with E-state index in [4.69, 9.17) is 37.8 Å². The van der Waals surface area contributed by atoms with E-state index in [2.05, 4.69) is 5.32 Å². The highest BCUT2D eigenvalue weighted by Crippen LogP contribution is 2.34. The highest BCUT2D eigenvalue weighted by Gasteiger charge is 2.12. The summed E-state index contributed by atoms with van der Waals surface area (Å²) < 4.78 is 11.0. The third-order valence-corrected chi connectivity index (χ3v) is 4.14. The number of hydrogen-bond acceptors (Lipinski definition) is 4. The fourth-order valence-corrected chi connectivity index (χ4v) is 2.67. The third kappa shape index (κ3) is 4.94. The largest absolute Gasteiger partial charge is 0.493 e. The molecule has 0 fully saturated rings. The normalized spacial score (nSPS) is 10.4. The number of nitrogens with one attached hydrogen (secondary N) is 1. The van der Waals surface area contributed by atoms with E-state index in [0.717, 1.165) is 12.0 Å².